The summed E-state index contributed by atoms with van der Waals surface area (Å²) in [7, 11) is 1.68. The minimum Gasteiger partial charge on any atom is -0.345 e. The SMILES string of the molecule is CCCC(NC(=O)C1CCCN1C(=O)C(NC(=O)NC(CN(C)C(C)=O)C(C)(C)C)C(C)(C)C)C(C)=O. The molecule has 37 heavy (non-hydrogen) atoms. The van der Waals surface area contributed by atoms with Crippen LogP contribution in [0, 0.1) is 10.8 Å². The fraction of sp³-hybridized carbons (Fsp3) is 0.815. The van der Waals surface area contributed by atoms with Crippen molar-refractivity contribution in [1.29, 1.82) is 0 Å². The number of ketones is 1. The van der Waals surface area contributed by atoms with Crippen molar-refractivity contribution in [3.05, 3.63) is 0 Å². The lowest BCUT2D eigenvalue weighted by Crippen LogP contribution is -2.61. The van der Waals surface area contributed by atoms with Gasteiger partial charge in [-0.1, -0.05) is 54.9 Å². The molecule has 0 bridgehead atoms. The summed E-state index contributed by atoms with van der Waals surface area (Å²) in [6, 6.07) is -3.01. The molecule has 0 spiro atoms. The van der Waals surface area contributed by atoms with Gasteiger partial charge in [-0.25, -0.2) is 4.79 Å². The maximum Gasteiger partial charge on any atom is 0.315 e. The Bertz CT molecular complexity index is 845. The summed E-state index contributed by atoms with van der Waals surface area (Å²) in [5.74, 6) is -0.885. The van der Waals surface area contributed by atoms with Crippen LogP contribution < -0.4 is 16.0 Å². The van der Waals surface area contributed by atoms with Crippen molar-refractivity contribution in [2.24, 2.45) is 10.8 Å². The number of likely N-dealkylation sites (N-methyl/N-ethyl adjacent to an activating group) is 1. The number of amides is 5. The highest BCUT2D eigenvalue weighted by atomic mass is 16.2. The summed E-state index contributed by atoms with van der Waals surface area (Å²) in [5.41, 5.74) is -0.970. The van der Waals surface area contributed by atoms with Gasteiger partial charge in [0.15, 0.2) is 5.78 Å². The average Bonchev–Trinajstić information content (AvgIpc) is 3.24. The monoisotopic (exact) mass is 523 g/mol. The molecule has 3 N–H and O–H groups in total. The molecule has 4 unspecified atom stereocenters. The molecule has 10 heteroatoms. The highest BCUT2D eigenvalue weighted by molar-refractivity contribution is 5.94. The summed E-state index contributed by atoms with van der Waals surface area (Å²) >= 11 is 0. The Labute approximate surface area is 222 Å². The molecule has 1 rings (SSSR count). The standard InChI is InChI=1S/C27H49N5O5/c1-11-13-19(17(2)33)28-23(35)20-14-12-15-32(20)24(36)22(27(7,8)9)30-25(37)29-21(26(4,5)6)16-31(10)18(3)34/h19-22H,11-16H2,1-10H3,(H,28,35)(H2,29,30,37). The van der Waals surface area contributed by atoms with E-state index >= 15 is 0 Å². The van der Waals surface area contributed by atoms with Gasteiger partial charge in [-0.3, -0.25) is 19.2 Å². The van der Waals surface area contributed by atoms with Crippen molar-refractivity contribution in [1.82, 2.24) is 25.8 Å². The topological polar surface area (TPSA) is 128 Å². The maximum absolute atomic E-state index is 13.7. The molecule has 0 radical (unpaired) electrons. The molecule has 1 aliphatic rings. The number of nitrogens with one attached hydrogen (secondary N) is 3. The molecule has 0 aromatic heterocycles. The second-order valence-electron chi connectivity index (χ2n) is 12.4. The van der Waals surface area contributed by atoms with Crippen LogP contribution in [-0.2, 0) is 19.2 Å². The van der Waals surface area contributed by atoms with E-state index in [1.165, 1.54) is 18.7 Å². The highest BCUT2D eigenvalue weighted by Crippen LogP contribution is 2.26. The molecule has 1 saturated heterocycles. The van der Waals surface area contributed by atoms with Crippen LogP contribution in [0.1, 0.15) is 88.0 Å². The van der Waals surface area contributed by atoms with Crippen LogP contribution in [0.4, 0.5) is 4.79 Å². The molecule has 0 aromatic carbocycles. The molecule has 0 aliphatic carbocycles. The van der Waals surface area contributed by atoms with Gasteiger partial charge in [-0.2, -0.15) is 0 Å². The van der Waals surface area contributed by atoms with E-state index in [4.69, 9.17) is 0 Å². The number of urea groups is 1. The lowest BCUT2D eigenvalue weighted by Gasteiger charge is -2.38. The fourth-order valence-electron chi connectivity index (χ4n) is 4.32. The molecule has 1 aliphatic heterocycles. The molecule has 0 saturated carbocycles. The number of hydrogen-bond acceptors (Lipinski definition) is 5. The Kier molecular flexibility index (Phi) is 11.6. The molecule has 212 valence electrons. The number of carbonyl (C=O) groups excluding carboxylic acids is 5. The van der Waals surface area contributed by atoms with E-state index in [0.717, 1.165) is 6.42 Å². The lowest BCUT2D eigenvalue weighted by atomic mass is 9.85. The Morgan fingerprint density at radius 3 is 2.00 bits per heavy atom. The van der Waals surface area contributed by atoms with Crippen molar-refractivity contribution in [2.75, 3.05) is 20.1 Å². The van der Waals surface area contributed by atoms with E-state index in [9.17, 15) is 24.0 Å². The molecular formula is C27H49N5O5. The van der Waals surface area contributed by atoms with Gasteiger partial charge in [0.1, 0.15) is 12.1 Å². The first-order valence-electron chi connectivity index (χ1n) is 13.3. The van der Waals surface area contributed by atoms with Crippen LogP contribution in [0.15, 0.2) is 0 Å². The lowest BCUT2D eigenvalue weighted by molar-refractivity contribution is -0.142. The van der Waals surface area contributed by atoms with Gasteiger partial charge in [0.05, 0.1) is 12.1 Å². The Morgan fingerprint density at radius 2 is 1.54 bits per heavy atom. The summed E-state index contributed by atoms with van der Waals surface area (Å²) in [6.07, 6.45) is 2.46. The summed E-state index contributed by atoms with van der Waals surface area (Å²) in [6.45, 7) is 17.1. The van der Waals surface area contributed by atoms with E-state index in [2.05, 4.69) is 16.0 Å². The number of nitrogens with zero attached hydrogens (tertiary/aromatic N) is 2. The predicted molar refractivity (Wildman–Crippen MR) is 144 cm³/mol. The number of hydrogen-bond donors (Lipinski definition) is 3. The molecule has 4 atom stereocenters. The number of likely N-dealkylation sites (tertiary alicyclic amines) is 1. The van der Waals surface area contributed by atoms with Gasteiger partial charge in [0.25, 0.3) is 0 Å². The quantitative estimate of drug-likeness (QED) is 0.405. The Morgan fingerprint density at radius 1 is 0.946 bits per heavy atom. The van der Waals surface area contributed by atoms with Gasteiger partial charge in [0, 0.05) is 27.1 Å². The molecule has 10 nitrogen and oxygen atoms in total. The summed E-state index contributed by atoms with van der Waals surface area (Å²) in [4.78, 5) is 66.7. The van der Waals surface area contributed by atoms with Crippen LogP contribution in [0.5, 0.6) is 0 Å². The molecule has 5 amide bonds. The van der Waals surface area contributed by atoms with E-state index in [0.29, 0.717) is 32.4 Å². The van der Waals surface area contributed by atoms with Crippen molar-refractivity contribution >= 4 is 29.5 Å². The first kappa shape index (κ1) is 32.4. The van der Waals surface area contributed by atoms with Gasteiger partial charge < -0.3 is 25.8 Å². The first-order valence-corrected chi connectivity index (χ1v) is 13.3. The third kappa shape index (κ3) is 9.63. The van der Waals surface area contributed by atoms with Crippen LogP contribution in [0.3, 0.4) is 0 Å². The van der Waals surface area contributed by atoms with Crippen LogP contribution >= 0.6 is 0 Å². The van der Waals surface area contributed by atoms with Crippen molar-refractivity contribution in [2.45, 2.75) is 112 Å². The minimum atomic E-state index is -0.883. The normalized spacial score (nSPS) is 18.4. The van der Waals surface area contributed by atoms with E-state index in [-0.39, 0.29) is 35.0 Å². The number of Topliss-reactive ketones (excluding diaryl/α,β-unsaturated/α-hetero) is 1. The van der Waals surface area contributed by atoms with E-state index in [1.807, 2.05) is 48.5 Å². The zero-order valence-electron chi connectivity index (χ0n) is 24.5. The van der Waals surface area contributed by atoms with Crippen molar-refractivity contribution < 1.29 is 24.0 Å². The largest absolute Gasteiger partial charge is 0.345 e. The zero-order chi connectivity index (χ0) is 28.7. The number of rotatable bonds is 10. The van der Waals surface area contributed by atoms with Crippen LogP contribution in [0.2, 0.25) is 0 Å². The zero-order valence-corrected chi connectivity index (χ0v) is 24.5. The van der Waals surface area contributed by atoms with Crippen LogP contribution in [-0.4, -0.2) is 83.6 Å². The van der Waals surface area contributed by atoms with E-state index < -0.39 is 29.6 Å². The third-order valence-corrected chi connectivity index (χ3v) is 6.96. The fourth-order valence-corrected chi connectivity index (χ4v) is 4.32. The van der Waals surface area contributed by atoms with E-state index in [1.54, 1.807) is 11.9 Å². The number of carbonyl (C=O) groups is 5. The highest BCUT2D eigenvalue weighted by Gasteiger charge is 2.42. The second-order valence-corrected chi connectivity index (χ2v) is 12.4. The second kappa shape index (κ2) is 13.2. The van der Waals surface area contributed by atoms with Crippen molar-refractivity contribution in [3.63, 3.8) is 0 Å². The minimum absolute atomic E-state index is 0.108. The van der Waals surface area contributed by atoms with Crippen molar-refractivity contribution in [3.8, 4) is 0 Å². The first-order chi connectivity index (χ1) is 16.9. The summed E-state index contributed by atoms with van der Waals surface area (Å²) in [5, 5.41) is 8.61. The summed E-state index contributed by atoms with van der Waals surface area (Å²) < 4.78 is 0. The van der Waals surface area contributed by atoms with Gasteiger partial charge in [0.2, 0.25) is 17.7 Å². The third-order valence-electron chi connectivity index (χ3n) is 6.96. The molecule has 1 fully saturated rings. The van der Waals surface area contributed by atoms with Crippen LogP contribution in [0.25, 0.3) is 0 Å². The Hall–Kier alpha value is -2.65. The molecule has 0 aromatic rings. The predicted octanol–water partition coefficient (Wildman–Crippen LogP) is 2.46. The Balaban J connectivity index is 3.06. The van der Waals surface area contributed by atoms with Gasteiger partial charge in [-0.15, -0.1) is 0 Å². The van der Waals surface area contributed by atoms with Gasteiger partial charge >= 0.3 is 6.03 Å². The van der Waals surface area contributed by atoms with Gasteiger partial charge in [-0.05, 0) is 37.0 Å². The molecule has 1 heterocycles. The average molecular weight is 524 g/mol. The maximum atomic E-state index is 13.7. The smallest absolute Gasteiger partial charge is 0.315 e. The molecular weight excluding hydrogens is 474 g/mol.